The monoisotopic (exact) mass is 283 g/mol. The van der Waals surface area contributed by atoms with Gasteiger partial charge >= 0.3 is 0 Å². The highest BCUT2D eigenvalue weighted by Gasteiger charge is 2.10. The molecule has 2 heteroatoms. The molecule has 2 aromatic rings. The van der Waals surface area contributed by atoms with E-state index < -0.39 is 0 Å². The first-order chi connectivity index (χ1) is 10.1. The van der Waals surface area contributed by atoms with Crippen molar-refractivity contribution in [1.82, 2.24) is 0 Å². The third kappa shape index (κ3) is 4.33. The maximum absolute atomic E-state index is 5.91. The molecule has 2 rings (SSSR count). The van der Waals surface area contributed by atoms with Gasteiger partial charge in [-0.05, 0) is 68.5 Å². The lowest BCUT2D eigenvalue weighted by Crippen LogP contribution is -2.15. The molecular formula is C19H25NO. The summed E-state index contributed by atoms with van der Waals surface area (Å²) >= 11 is 0. The van der Waals surface area contributed by atoms with Gasteiger partial charge in [-0.1, -0.05) is 35.9 Å². The highest BCUT2D eigenvalue weighted by Crippen LogP contribution is 2.21. The van der Waals surface area contributed by atoms with E-state index in [0.717, 1.165) is 12.2 Å². The maximum Gasteiger partial charge on any atom is 0.119 e. The van der Waals surface area contributed by atoms with E-state index in [-0.39, 0.29) is 0 Å². The van der Waals surface area contributed by atoms with E-state index in [4.69, 9.17) is 10.5 Å². The van der Waals surface area contributed by atoms with E-state index in [9.17, 15) is 0 Å². The number of ether oxygens (including phenoxy) is 1. The van der Waals surface area contributed by atoms with Crippen LogP contribution in [0.2, 0.25) is 0 Å². The standard InChI is InChI=1S/C19H25NO/c1-14-4-7-17(8-5-14)18(13-20)10-11-21-19-9-6-15(2)16(3)12-19/h4-9,12,18H,10-11,13,20H2,1-3H3. The number of hydrogen-bond acceptors (Lipinski definition) is 2. The molecule has 0 bridgehead atoms. The minimum atomic E-state index is 0.358. The van der Waals surface area contributed by atoms with Crippen LogP contribution < -0.4 is 10.5 Å². The van der Waals surface area contributed by atoms with Gasteiger partial charge in [-0.15, -0.1) is 0 Å². The van der Waals surface area contributed by atoms with E-state index in [1.165, 1.54) is 22.3 Å². The van der Waals surface area contributed by atoms with Crippen molar-refractivity contribution in [2.24, 2.45) is 5.73 Å². The first-order valence-electron chi connectivity index (χ1n) is 7.57. The summed E-state index contributed by atoms with van der Waals surface area (Å²) in [6.45, 7) is 7.67. The van der Waals surface area contributed by atoms with Gasteiger partial charge in [0.25, 0.3) is 0 Å². The molecule has 0 fully saturated rings. The predicted molar refractivity (Wildman–Crippen MR) is 89.0 cm³/mol. The van der Waals surface area contributed by atoms with Gasteiger partial charge in [0.2, 0.25) is 0 Å². The summed E-state index contributed by atoms with van der Waals surface area (Å²) in [6, 6.07) is 14.9. The van der Waals surface area contributed by atoms with Crippen LogP contribution in [0, 0.1) is 20.8 Å². The number of aryl methyl sites for hydroxylation is 3. The second-order valence-electron chi connectivity index (χ2n) is 5.73. The van der Waals surface area contributed by atoms with Gasteiger partial charge in [0.05, 0.1) is 6.61 Å². The Labute approximate surface area is 127 Å². The van der Waals surface area contributed by atoms with Crippen molar-refractivity contribution in [3.63, 3.8) is 0 Å². The van der Waals surface area contributed by atoms with Gasteiger partial charge < -0.3 is 10.5 Å². The van der Waals surface area contributed by atoms with Crippen LogP contribution >= 0.6 is 0 Å². The summed E-state index contributed by atoms with van der Waals surface area (Å²) in [5.41, 5.74) is 11.0. The highest BCUT2D eigenvalue weighted by atomic mass is 16.5. The number of nitrogens with two attached hydrogens (primary N) is 1. The second kappa shape index (κ2) is 7.28. The Morgan fingerprint density at radius 2 is 1.67 bits per heavy atom. The molecule has 2 N–H and O–H groups in total. The Bertz CT molecular complexity index is 575. The summed E-state index contributed by atoms with van der Waals surface area (Å²) < 4.78 is 5.86. The average molecular weight is 283 g/mol. The minimum Gasteiger partial charge on any atom is -0.494 e. The molecule has 0 aliphatic heterocycles. The quantitative estimate of drug-likeness (QED) is 0.865. The van der Waals surface area contributed by atoms with Crippen LogP contribution in [0.5, 0.6) is 5.75 Å². The number of benzene rings is 2. The minimum absolute atomic E-state index is 0.358. The van der Waals surface area contributed by atoms with Crippen molar-refractivity contribution in [3.8, 4) is 5.75 Å². The molecule has 0 aromatic heterocycles. The number of hydrogen-bond donors (Lipinski definition) is 1. The summed E-state index contributed by atoms with van der Waals surface area (Å²) in [4.78, 5) is 0. The molecule has 1 unspecified atom stereocenters. The topological polar surface area (TPSA) is 35.2 Å². The van der Waals surface area contributed by atoms with E-state index in [2.05, 4.69) is 57.2 Å². The van der Waals surface area contributed by atoms with Crippen molar-refractivity contribution in [3.05, 3.63) is 64.7 Å². The van der Waals surface area contributed by atoms with Gasteiger partial charge in [-0.3, -0.25) is 0 Å². The van der Waals surface area contributed by atoms with Gasteiger partial charge in [0.15, 0.2) is 0 Å². The summed E-state index contributed by atoms with van der Waals surface area (Å²) in [6.07, 6.45) is 0.937. The molecule has 0 heterocycles. The Kier molecular flexibility index (Phi) is 5.40. The normalized spacial score (nSPS) is 12.2. The fourth-order valence-electron chi connectivity index (χ4n) is 2.38. The molecule has 0 radical (unpaired) electrons. The van der Waals surface area contributed by atoms with E-state index >= 15 is 0 Å². The molecule has 2 aromatic carbocycles. The SMILES string of the molecule is Cc1ccc(C(CN)CCOc2ccc(C)c(C)c2)cc1. The zero-order valence-electron chi connectivity index (χ0n) is 13.2. The predicted octanol–water partition coefficient (Wildman–Crippen LogP) is 4.12. The van der Waals surface area contributed by atoms with Gasteiger partial charge in [0, 0.05) is 0 Å². The van der Waals surface area contributed by atoms with Crippen molar-refractivity contribution in [2.45, 2.75) is 33.1 Å². The molecule has 0 spiro atoms. The molecule has 1 atom stereocenters. The molecule has 2 nitrogen and oxygen atoms in total. The van der Waals surface area contributed by atoms with Crippen LogP contribution in [-0.4, -0.2) is 13.2 Å². The molecule has 0 saturated carbocycles. The molecule has 21 heavy (non-hydrogen) atoms. The zero-order chi connectivity index (χ0) is 15.2. The lowest BCUT2D eigenvalue weighted by Gasteiger charge is -2.16. The van der Waals surface area contributed by atoms with Crippen molar-refractivity contribution >= 4 is 0 Å². The largest absolute Gasteiger partial charge is 0.494 e. The number of rotatable bonds is 6. The molecule has 0 aliphatic rings. The molecule has 0 aliphatic carbocycles. The first-order valence-corrected chi connectivity index (χ1v) is 7.57. The Hall–Kier alpha value is -1.80. The zero-order valence-corrected chi connectivity index (χ0v) is 13.2. The van der Waals surface area contributed by atoms with Gasteiger partial charge in [-0.2, -0.15) is 0 Å². The average Bonchev–Trinajstić information content (AvgIpc) is 2.48. The van der Waals surface area contributed by atoms with Gasteiger partial charge in [0.1, 0.15) is 5.75 Å². The van der Waals surface area contributed by atoms with Crippen LogP contribution in [-0.2, 0) is 0 Å². The van der Waals surface area contributed by atoms with Crippen LogP contribution in [0.1, 0.15) is 34.6 Å². The van der Waals surface area contributed by atoms with Crippen LogP contribution in [0.3, 0.4) is 0 Å². The molecule has 0 amide bonds. The Balaban J connectivity index is 1.91. The lowest BCUT2D eigenvalue weighted by molar-refractivity contribution is 0.298. The summed E-state index contributed by atoms with van der Waals surface area (Å²) in [5.74, 6) is 1.30. The maximum atomic E-state index is 5.91. The third-order valence-corrected chi connectivity index (χ3v) is 4.05. The second-order valence-corrected chi connectivity index (χ2v) is 5.73. The third-order valence-electron chi connectivity index (χ3n) is 4.05. The van der Waals surface area contributed by atoms with E-state index in [1.807, 2.05) is 6.07 Å². The van der Waals surface area contributed by atoms with Crippen molar-refractivity contribution in [2.75, 3.05) is 13.2 Å². The fraction of sp³-hybridized carbons (Fsp3) is 0.368. The van der Waals surface area contributed by atoms with E-state index in [0.29, 0.717) is 19.1 Å². The van der Waals surface area contributed by atoms with Crippen LogP contribution in [0.4, 0.5) is 0 Å². The molecule has 0 saturated heterocycles. The van der Waals surface area contributed by atoms with Crippen molar-refractivity contribution in [1.29, 1.82) is 0 Å². The van der Waals surface area contributed by atoms with Crippen molar-refractivity contribution < 1.29 is 4.74 Å². The first kappa shape index (κ1) is 15.6. The summed E-state index contributed by atoms with van der Waals surface area (Å²) in [7, 11) is 0. The highest BCUT2D eigenvalue weighted by molar-refractivity contribution is 5.33. The Morgan fingerprint density at radius 1 is 0.952 bits per heavy atom. The smallest absolute Gasteiger partial charge is 0.119 e. The lowest BCUT2D eigenvalue weighted by atomic mass is 9.95. The summed E-state index contributed by atoms with van der Waals surface area (Å²) in [5, 5.41) is 0. The van der Waals surface area contributed by atoms with Crippen LogP contribution in [0.15, 0.2) is 42.5 Å². The molecular weight excluding hydrogens is 258 g/mol. The molecule has 112 valence electrons. The fourth-order valence-corrected chi connectivity index (χ4v) is 2.38. The Morgan fingerprint density at radius 3 is 2.29 bits per heavy atom. The van der Waals surface area contributed by atoms with E-state index in [1.54, 1.807) is 0 Å². The van der Waals surface area contributed by atoms with Gasteiger partial charge in [-0.25, -0.2) is 0 Å². The van der Waals surface area contributed by atoms with Crippen LogP contribution in [0.25, 0.3) is 0 Å².